The van der Waals surface area contributed by atoms with E-state index in [1.54, 1.807) is 36.4 Å². The highest BCUT2D eigenvalue weighted by atomic mass is 16.1. The van der Waals surface area contributed by atoms with Crippen LogP contribution in [-0.2, 0) is 0 Å². The lowest BCUT2D eigenvalue weighted by Gasteiger charge is -2.08. The highest BCUT2D eigenvalue weighted by Gasteiger charge is 2.19. The van der Waals surface area contributed by atoms with E-state index in [1.165, 1.54) is 0 Å². The summed E-state index contributed by atoms with van der Waals surface area (Å²) in [4.78, 5) is 33.7. The van der Waals surface area contributed by atoms with Gasteiger partial charge in [-0.15, -0.1) is 0 Å². The van der Waals surface area contributed by atoms with Crippen molar-refractivity contribution in [1.29, 1.82) is 0 Å². The normalized spacial score (nSPS) is 11.7. The monoisotopic (exact) mass is 402 g/mol. The summed E-state index contributed by atoms with van der Waals surface area (Å²) >= 11 is 0. The molecule has 148 valence electrons. The number of allylic oxidation sites excluding steroid dienone is 1. The summed E-state index contributed by atoms with van der Waals surface area (Å²) in [5, 5.41) is 2.17. The Kier molecular flexibility index (Phi) is 4.73. The van der Waals surface area contributed by atoms with Crippen LogP contribution in [0, 0.1) is 0 Å². The Balaban J connectivity index is 1.73. The van der Waals surface area contributed by atoms with E-state index in [0.29, 0.717) is 16.6 Å². The van der Waals surface area contributed by atoms with Gasteiger partial charge < -0.3 is 4.98 Å². The molecule has 5 rings (SSSR count). The summed E-state index contributed by atoms with van der Waals surface area (Å²) in [6, 6.07) is 30.2. The summed E-state index contributed by atoms with van der Waals surface area (Å²) < 4.78 is 0. The van der Waals surface area contributed by atoms with Gasteiger partial charge in [0.1, 0.15) is 5.69 Å². The number of fused-ring (bicyclic) bond motifs is 2. The molecular weight excluding hydrogens is 384 g/mol. The van der Waals surface area contributed by atoms with Crippen LogP contribution in [-0.4, -0.2) is 15.8 Å². The minimum atomic E-state index is -0.393. The molecule has 31 heavy (non-hydrogen) atoms. The van der Waals surface area contributed by atoms with Crippen LogP contribution in [0.1, 0.15) is 21.6 Å². The standard InChI is InChI=1S/C27H18N2O2/c30-26(20-9-2-1-3-10-20)22(17-18-14-15-19-8-4-5-11-21(19)16-18)25-27(31)29-24-13-7-6-12-23(24)28-25/h1-17H,(H,29,31)/b22-17+. The van der Waals surface area contributed by atoms with Gasteiger partial charge in [0.2, 0.25) is 0 Å². The van der Waals surface area contributed by atoms with Crippen LogP contribution >= 0.6 is 0 Å². The molecule has 1 N–H and O–H groups in total. The molecular formula is C27H18N2O2. The zero-order valence-corrected chi connectivity index (χ0v) is 16.6. The first-order valence-corrected chi connectivity index (χ1v) is 9.99. The number of H-pyrrole nitrogens is 1. The minimum Gasteiger partial charge on any atom is -0.319 e. The maximum atomic E-state index is 13.4. The first kappa shape index (κ1) is 18.7. The summed E-state index contributed by atoms with van der Waals surface area (Å²) in [6.07, 6.45) is 1.74. The van der Waals surface area contributed by atoms with Crippen LogP contribution in [0.25, 0.3) is 33.5 Å². The number of Topliss-reactive ketones (excluding diaryl/α,β-unsaturated/α-hetero) is 1. The van der Waals surface area contributed by atoms with Gasteiger partial charge >= 0.3 is 0 Å². The number of hydrogen-bond acceptors (Lipinski definition) is 3. The van der Waals surface area contributed by atoms with Crippen LogP contribution in [0.5, 0.6) is 0 Å². The van der Waals surface area contributed by atoms with Gasteiger partial charge in [0.15, 0.2) is 5.78 Å². The minimum absolute atomic E-state index is 0.112. The number of ketones is 1. The molecule has 4 aromatic carbocycles. The van der Waals surface area contributed by atoms with Crippen molar-refractivity contribution in [3.8, 4) is 0 Å². The number of nitrogens with one attached hydrogen (secondary N) is 1. The predicted molar refractivity (Wildman–Crippen MR) is 125 cm³/mol. The SMILES string of the molecule is O=C(/C(=C/c1ccc2ccccc2c1)c1nc2ccccc2[nH]c1=O)c1ccccc1. The van der Waals surface area contributed by atoms with Gasteiger partial charge in [-0.1, -0.05) is 78.9 Å². The molecule has 0 radical (unpaired) electrons. The summed E-state index contributed by atoms with van der Waals surface area (Å²) in [7, 11) is 0. The van der Waals surface area contributed by atoms with E-state index in [2.05, 4.69) is 9.97 Å². The lowest BCUT2D eigenvalue weighted by Crippen LogP contribution is -2.18. The van der Waals surface area contributed by atoms with Gasteiger partial charge in [0.25, 0.3) is 5.56 Å². The maximum absolute atomic E-state index is 13.4. The number of rotatable bonds is 4. The van der Waals surface area contributed by atoms with Crippen LogP contribution in [0.4, 0.5) is 0 Å². The molecule has 0 amide bonds. The van der Waals surface area contributed by atoms with Gasteiger partial charge in [0, 0.05) is 5.56 Å². The highest BCUT2D eigenvalue weighted by molar-refractivity contribution is 6.32. The molecule has 0 fully saturated rings. The van der Waals surface area contributed by atoms with Crippen LogP contribution < -0.4 is 5.56 Å². The molecule has 0 aliphatic rings. The average Bonchev–Trinajstić information content (AvgIpc) is 2.82. The van der Waals surface area contributed by atoms with E-state index in [4.69, 9.17) is 0 Å². The van der Waals surface area contributed by atoms with Gasteiger partial charge in [-0.25, -0.2) is 4.98 Å². The number of aromatic amines is 1. The Hall–Kier alpha value is -4.31. The first-order chi connectivity index (χ1) is 15.2. The molecule has 0 unspecified atom stereocenters. The Morgan fingerprint density at radius 1 is 0.774 bits per heavy atom. The van der Waals surface area contributed by atoms with Crippen molar-refractivity contribution in [2.75, 3.05) is 0 Å². The third-order valence-corrected chi connectivity index (χ3v) is 5.22. The highest BCUT2D eigenvalue weighted by Crippen LogP contribution is 2.23. The second-order valence-electron chi connectivity index (χ2n) is 7.29. The number of carbonyl (C=O) groups excluding carboxylic acids is 1. The number of nitrogens with zero attached hydrogens (tertiary/aromatic N) is 1. The molecule has 4 nitrogen and oxygen atoms in total. The lowest BCUT2D eigenvalue weighted by molar-refractivity contribution is 0.105. The Bertz CT molecular complexity index is 1520. The fraction of sp³-hybridized carbons (Fsp3) is 0. The maximum Gasteiger partial charge on any atom is 0.275 e. The molecule has 0 saturated heterocycles. The zero-order chi connectivity index (χ0) is 21.2. The third kappa shape index (κ3) is 3.67. The molecule has 0 spiro atoms. The molecule has 0 bridgehead atoms. The van der Waals surface area contributed by atoms with E-state index in [1.807, 2.05) is 66.7 Å². The summed E-state index contributed by atoms with van der Waals surface area (Å²) in [6.45, 7) is 0. The quantitative estimate of drug-likeness (QED) is 0.319. The second-order valence-corrected chi connectivity index (χ2v) is 7.29. The molecule has 5 aromatic rings. The van der Waals surface area contributed by atoms with E-state index in [0.717, 1.165) is 16.3 Å². The number of aromatic nitrogens is 2. The van der Waals surface area contributed by atoms with Crippen molar-refractivity contribution in [2.45, 2.75) is 0 Å². The van der Waals surface area contributed by atoms with Crippen molar-refractivity contribution >= 4 is 39.2 Å². The predicted octanol–water partition coefficient (Wildman–Crippen LogP) is 5.50. The van der Waals surface area contributed by atoms with Crippen LogP contribution in [0.15, 0.2) is 102 Å². The van der Waals surface area contributed by atoms with E-state index >= 15 is 0 Å². The number of benzene rings is 4. The van der Waals surface area contributed by atoms with E-state index in [9.17, 15) is 9.59 Å². The fourth-order valence-corrected chi connectivity index (χ4v) is 3.66. The smallest absolute Gasteiger partial charge is 0.275 e. The van der Waals surface area contributed by atoms with Crippen LogP contribution in [0.3, 0.4) is 0 Å². The molecule has 0 aliphatic heterocycles. The van der Waals surface area contributed by atoms with Gasteiger partial charge in [-0.05, 0) is 40.6 Å². The number of para-hydroxylation sites is 2. The Morgan fingerprint density at radius 3 is 2.32 bits per heavy atom. The second kappa shape index (κ2) is 7.84. The molecule has 0 aliphatic carbocycles. The van der Waals surface area contributed by atoms with Crippen molar-refractivity contribution in [3.63, 3.8) is 0 Å². The molecule has 1 heterocycles. The van der Waals surface area contributed by atoms with Crippen LogP contribution in [0.2, 0.25) is 0 Å². The van der Waals surface area contributed by atoms with Gasteiger partial charge in [-0.3, -0.25) is 9.59 Å². The Labute approximate surface area is 178 Å². The largest absolute Gasteiger partial charge is 0.319 e. The Morgan fingerprint density at radius 2 is 1.48 bits per heavy atom. The zero-order valence-electron chi connectivity index (χ0n) is 16.6. The average molecular weight is 402 g/mol. The molecule has 1 aromatic heterocycles. The number of carbonyl (C=O) groups is 1. The van der Waals surface area contributed by atoms with E-state index < -0.39 is 5.56 Å². The van der Waals surface area contributed by atoms with Crippen molar-refractivity contribution in [3.05, 3.63) is 124 Å². The van der Waals surface area contributed by atoms with Gasteiger partial charge in [0.05, 0.1) is 16.6 Å². The molecule has 0 saturated carbocycles. The molecule has 0 atom stereocenters. The summed E-state index contributed by atoms with van der Waals surface area (Å²) in [5.74, 6) is -0.248. The first-order valence-electron chi connectivity index (χ1n) is 9.99. The van der Waals surface area contributed by atoms with Crippen molar-refractivity contribution in [1.82, 2.24) is 9.97 Å². The van der Waals surface area contributed by atoms with Crippen molar-refractivity contribution in [2.24, 2.45) is 0 Å². The topological polar surface area (TPSA) is 62.8 Å². The molecule has 4 heteroatoms. The number of hydrogen-bond donors (Lipinski definition) is 1. The van der Waals surface area contributed by atoms with E-state index in [-0.39, 0.29) is 17.1 Å². The van der Waals surface area contributed by atoms with Gasteiger partial charge in [-0.2, -0.15) is 0 Å². The van der Waals surface area contributed by atoms with Crippen molar-refractivity contribution < 1.29 is 4.79 Å². The lowest BCUT2D eigenvalue weighted by atomic mass is 9.97. The fourth-order valence-electron chi connectivity index (χ4n) is 3.66. The third-order valence-electron chi connectivity index (χ3n) is 5.22. The summed E-state index contributed by atoms with van der Waals surface area (Å²) in [5.41, 5.74) is 2.57.